The van der Waals surface area contributed by atoms with Crippen molar-refractivity contribution >= 4 is 17.5 Å². The lowest BCUT2D eigenvalue weighted by Crippen LogP contribution is -2.59. The van der Waals surface area contributed by atoms with Gasteiger partial charge in [-0.15, -0.1) is 0 Å². The van der Waals surface area contributed by atoms with Crippen LogP contribution in [-0.4, -0.2) is 34.9 Å². The number of aliphatic hydroxyl groups excluding tert-OH is 1. The molecule has 3 saturated carbocycles. The predicted molar refractivity (Wildman–Crippen MR) is 103 cm³/mol. The second-order valence-electron chi connectivity index (χ2n) is 9.60. The molecular weight excluding hydrogens is 356 g/mol. The lowest BCUT2D eigenvalue weighted by molar-refractivity contribution is -0.189. The van der Waals surface area contributed by atoms with Crippen LogP contribution < -0.4 is 0 Å². The lowest BCUT2D eigenvalue weighted by Gasteiger charge is -2.58. The van der Waals surface area contributed by atoms with Crippen LogP contribution in [0.15, 0.2) is 23.8 Å². The first-order valence-electron chi connectivity index (χ1n) is 10.5. The van der Waals surface area contributed by atoms with Crippen LogP contribution in [0.4, 0.5) is 0 Å². The number of hydrogen-bond donors (Lipinski definition) is 1. The number of carbonyl (C=O) groups excluding carboxylic acids is 3. The molecule has 0 heterocycles. The number of rotatable bonds is 3. The van der Waals surface area contributed by atoms with Crippen LogP contribution in [-0.2, 0) is 19.1 Å². The van der Waals surface area contributed by atoms with Gasteiger partial charge in [-0.3, -0.25) is 14.4 Å². The van der Waals surface area contributed by atoms with Gasteiger partial charge in [0, 0.05) is 17.8 Å². The highest BCUT2D eigenvalue weighted by Crippen LogP contribution is 2.67. The number of Topliss-reactive ketones (excluding diaryl/α,β-unsaturated/α-hetero) is 1. The molecule has 4 aliphatic rings. The molecule has 4 aliphatic carbocycles. The molecule has 0 radical (unpaired) electrons. The molecule has 4 rings (SSSR count). The van der Waals surface area contributed by atoms with Gasteiger partial charge in [-0.2, -0.15) is 0 Å². The number of ketones is 2. The molecule has 0 bridgehead atoms. The Morgan fingerprint density at radius 1 is 1.18 bits per heavy atom. The van der Waals surface area contributed by atoms with E-state index in [-0.39, 0.29) is 22.9 Å². The standard InChI is InChI=1S/C23H30O5/c1-14(25)28-23(20(27)13-24)11-8-19-17-5-4-15-12-16(26)6-9-21(15,2)18(17)7-10-22(19,23)3/h6,9,12,17-19,24H,4-5,7-8,10-11,13H2,1-3H3/t17?,18?,19?,21?,22?,23-/m0/s1. The molecule has 0 spiro atoms. The Morgan fingerprint density at radius 3 is 2.57 bits per heavy atom. The number of esters is 1. The van der Waals surface area contributed by atoms with Crippen molar-refractivity contribution in [3.05, 3.63) is 23.8 Å². The van der Waals surface area contributed by atoms with Crippen LogP contribution >= 0.6 is 0 Å². The number of fused-ring (bicyclic) bond motifs is 5. The largest absolute Gasteiger partial charge is 0.451 e. The molecule has 152 valence electrons. The third-order valence-corrected chi connectivity index (χ3v) is 8.59. The molecule has 0 aliphatic heterocycles. The van der Waals surface area contributed by atoms with Crippen molar-refractivity contribution in [3.8, 4) is 0 Å². The van der Waals surface area contributed by atoms with E-state index in [2.05, 4.69) is 19.9 Å². The van der Waals surface area contributed by atoms with Crippen molar-refractivity contribution in [2.45, 2.75) is 64.9 Å². The quantitative estimate of drug-likeness (QED) is 0.754. The normalized spacial score (nSPS) is 44.2. The average molecular weight is 386 g/mol. The minimum Gasteiger partial charge on any atom is -0.451 e. The Kier molecular flexibility index (Phi) is 4.46. The van der Waals surface area contributed by atoms with E-state index in [0.29, 0.717) is 18.3 Å². The third-order valence-electron chi connectivity index (χ3n) is 8.59. The summed E-state index contributed by atoms with van der Waals surface area (Å²) in [5.74, 6) is 0.368. The first kappa shape index (κ1) is 19.6. The van der Waals surface area contributed by atoms with Crippen LogP contribution in [0.2, 0.25) is 0 Å². The van der Waals surface area contributed by atoms with E-state index in [1.165, 1.54) is 12.5 Å². The minimum absolute atomic E-state index is 0.0786. The Morgan fingerprint density at radius 2 is 1.89 bits per heavy atom. The van der Waals surface area contributed by atoms with Crippen LogP contribution in [0.1, 0.15) is 59.3 Å². The van der Waals surface area contributed by atoms with E-state index >= 15 is 0 Å². The summed E-state index contributed by atoms with van der Waals surface area (Å²) >= 11 is 0. The fourth-order valence-electron chi connectivity index (χ4n) is 7.25. The maximum atomic E-state index is 12.8. The Bertz CT molecular complexity index is 795. The number of ether oxygens (including phenoxy) is 1. The van der Waals surface area contributed by atoms with Crippen LogP contribution in [0.5, 0.6) is 0 Å². The minimum atomic E-state index is -1.21. The van der Waals surface area contributed by atoms with E-state index in [1.807, 2.05) is 6.08 Å². The zero-order valence-corrected chi connectivity index (χ0v) is 17.0. The van der Waals surface area contributed by atoms with Crippen LogP contribution in [0.3, 0.4) is 0 Å². The van der Waals surface area contributed by atoms with Gasteiger partial charge in [-0.05, 0) is 68.4 Å². The van der Waals surface area contributed by atoms with E-state index in [9.17, 15) is 19.5 Å². The average Bonchev–Trinajstić information content (AvgIpc) is 2.94. The van der Waals surface area contributed by atoms with Gasteiger partial charge in [-0.1, -0.05) is 25.5 Å². The summed E-state index contributed by atoms with van der Waals surface area (Å²) in [5.41, 5.74) is -0.531. The Labute approximate surface area is 166 Å². The fourth-order valence-corrected chi connectivity index (χ4v) is 7.25. The van der Waals surface area contributed by atoms with Crippen molar-refractivity contribution in [2.24, 2.45) is 28.6 Å². The molecule has 0 aromatic heterocycles. The first-order chi connectivity index (χ1) is 13.2. The highest BCUT2D eigenvalue weighted by atomic mass is 16.6. The second-order valence-corrected chi connectivity index (χ2v) is 9.60. The molecule has 5 heteroatoms. The monoisotopic (exact) mass is 386 g/mol. The summed E-state index contributed by atoms with van der Waals surface area (Å²) < 4.78 is 5.73. The molecule has 5 nitrogen and oxygen atoms in total. The van der Waals surface area contributed by atoms with Gasteiger partial charge in [0.25, 0.3) is 0 Å². The van der Waals surface area contributed by atoms with Crippen molar-refractivity contribution in [1.82, 2.24) is 0 Å². The fraction of sp³-hybridized carbons (Fsp3) is 0.696. The molecule has 0 saturated heterocycles. The molecule has 0 aromatic carbocycles. The topological polar surface area (TPSA) is 80.7 Å². The summed E-state index contributed by atoms with van der Waals surface area (Å²) in [4.78, 5) is 36.6. The number of hydrogen-bond acceptors (Lipinski definition) is 5. The summed E-state index contributed by atoms with van der Waals surface area (Å²) in [5, 5.41) is 9.64. The van der Waals surface area contributed by atoms with Crippen molar-refractivity contribution < 1.29 is 24.2 Å². The van der Waals surface area contributed by atoms with Gasteiger partial charge in [0.15, 0.2) is 11.4 Å². The number of aliphatic hydroxyl groups is 1. The van der Waals surface area contributed by atoms with Crippen molar-refractivity contribution in [3.63, 3.8) is 0 Å². The summed E-state index contributed by atoms with van der Waals surface area (Å²) in [6.07, 6.45) is 10.5. The second kappa shape index (κ2) is 6.38. The van der Waals surface area contributed by atoms with Crippen LogP contribution in [0.25, 0.3) is 0 Å². The lowest BCUT2D eigenvalue weighted by atomic mass is 9.47. The van der Waals surface area contributed by atoms with Gasteiger partial charge in [-0.25, -0.2) is 0 Å². The number of allylic oxidation sites excluding steroid dienone is 4. The highest BCUT2D eigenvalue weighted by Gasteiger charge is 2.68. The van der Waals surface area contributed by atoms with Crippen molar-refractivity contribution in [2.75, 3.05) is 6.61 Å². The molecular formula is C23H30O5. The summed E-state index contributed by atoms with van der Waals surface area (Å²) in [7, 11) is 0. The molecule has 0 amide bonds. The van der Waals surface area contributed by atoms with Crippen molar-refractivity contribution in [1.29, 1.82) is 0 Å². The Hall–Kier alpha value is -1.75. The summed E-state index contributed by atoms with van der Waals surface area (Å²) in [6, 6.07) is 0. The third kappa shape index (κ3) is 2.44. The van der Waals surface area contributed by atoms with E-state index in [4.69, 9.17) is 4.74 Å². The van der Waals surface area contributed by atoms with Gasteiger partial charge in [0.05, 0.1) is 0 Å². The SMILES string of the molecule is CC(=O)O[C@]1(C(=O)CO)CCC2C3CCC4=CC(=O)C=CC4(C)C3CCC21C. The van der Waals surface area contributed by atoms with E-state index < -0.39 is 23.6 Å². The van der Waals surface area contributed by atoms with Gasteiger partial charge < -0.3 is 9.84 Å². The molecule has 6 atom stereocenters. The van der Waals surface area contributed by atoms with E-state index in [1.54, 1.807) is 6.08 Å². The maximum Gasteiger partial charge on any atom is 0.303 e. The van der Waals surface area contributed by atoms with Gasteiger partial charge >= 0.3 is 5.97 Å². The molecule has 1 N–H and O–H groups in total. The van der Waals surface area contributed by atoms with Gasteiger partial charge in [0.1, 0.15) is 6.61 Å². The zero-order chi connectivity index (χ0) is 20.3. The first-order valence-corrected chi connectivity index (χ1v) is 10.5. The number of carbonyl (C=O) groups is 3. The van der Waals surface area contributed by atoms with Gasteiger partial charge in [0.2, 0.25) is 5.78 Å². The van der Waals surface area contributed by atoms with E-state index in [0.717, 1.165) is 32.1 Å². The summed E-state index contributed by atoms with van der Waals surface area (Å²) in [6.45, 7) is 5.08. The smallest absolute Gasteiger partial charge is 0.303 e. The highest BCUT2D eigenvalue weighted by molar-refractivity contribution is 6.01. The van der Waals surface area contributed by atoms with Crippen LogP contribution in [0, 0.1) is 28.6 Å². The molecule has 0 aromatic rings. The molecule has 5 unspecified atom stereocenters. The molecule has 28 heavy (non-hydrogen) atoms. The predicted octanol–water partition coefficient (Wildman–Crippen LogP) is 3.16. The zero-order valence-electron chi connectivity index (χ0n) is 17.0. The molecule has 3 fully saturated rings. The Balaban J connectivity index is 1.71. The maximum absolute atomic E-state index is 12.8.